The average Bonchev–Trinajstić information content (AvgIpc) is 3.13. The Bertz CT molecular complexity index is 292. The van der Waals surface area contributed by atoms with Crippen LogP contribution in [0.1, 0.15) is 129 Å². The maximum absolute atomic E-state index is 5.93. The Kier molecular flexibility index (Phi) is 17.8. The van der Waals surface area contributed by atoms with Crippen molar-refractivity contribution >= 4 is 0 Å². The molecule has 1 aliphatic heterocycles. The molecule has 0 radical (unpaired) electrons. The second kappa shape index (κ2) is 19.2. The van der Waals surface area contributed by atoms with E-state index in [1.807, 2.05) is 0 Å². The van der Waals surface area contributed by atoms with Crippen molar-refractivity contribution in [3.05, 3.63) is 0 Å². The summed E-state index contributed by atoms with van der Waals surface area (Å²) >= 11 is 0. The van der Waals surface area contributed by atoms with Gasteiger partial charge in [-0.3, -0.25) is 0 Å². The molecule has 1 aliphatic rings. The molecule has 0 bridgehead atoms. The van der Waals surface area contributed by atoms with E-state index in [4.69, 9.17) is 9.47 Å². The summed E-state index contributed by atoms with van der Waals surface area (Å²) in [7, 11) is 0. The van der Waals surface area contributed by atoms with Crippen LogP contribution >= 0.6 is 0 Å². The Morgan fingerprint density at radius 2 is 1.19 bits per heavy atom. The third kappa shape index (κ3) is 15.5. The zero-order valence-corrected chi connectivity index (χ0v) is 18.8. The Hall–Kier alpha value is -0.0800. The molecule has 1 heterocycles. The van der Waals surface area contributed by atoms with Crippen LogP contribution in [0.2, 0.25) is 0 Å². The molecule has 162 valence electrons. The van der Waals surface area contributed by atoms with Crippen LogP contribution in [0.25, 0.3) is 0 Å². The number of hydrogen-bond donors (Lipinski definition) is 0. The van der Waals surface area contributed by atoms with Gasteiger partial charge in [-0.1, -0.05) is 110 Å². The average molecular weight is 383 g/mol. The Labute approximate surface area is 171 Å². The van der Waals surface area contributed by atoms with Gasteiger partial charge in [0.2, 0.25) is 0 Å². The van der Waals surface area contributed by atoms with Gasteiger partial charge in [-0.2, -0.15) is 0 Å². The van der Waals surface area contributed by atoms with E-state index in [-0.39, 0.29) is 0 Å². The zero-order valence-electron chi connectivity index (χ0n) is 18.8. The summed E-state index contributed by atoms with van der Waals surface area (Å²) in [4.78, 5) is 0. The third-order valence-electron chi connectivity index (χ3n) is 6.08. The molecule has 0 aromatic heterocycles. The molecule has 0 aromatic rings. The summed E-state index contributed by atoms with van der Waals surface area (Å²) in [5.74, 6) is 0.793. The summed E-state index contributed by atoms with van der Waals surface area (Å²) in [6.07, 6.45) is 25.4. The highest BCUT2D eigenvalue weighted by Crippen LogP contribution is 2.25. The van der Waals surface area contributed by atoms with Crippen molar-refractivity contribution in [3.63, 3.8) is 0 Å². The summed E-state index contributed by atoms with van der Waals surface area (Å²) < 4.78 is 11.7. The van der Waals surface area contributed by atoms with Gasteiger partial charge in [0.1, 0.15) is 0 Å². The van der Waals surface area contributed by atoms with Gasteiger partial charge in [0.05, 0.1) is 12.7 Å². The number of rotatable bonds is 20. The minimum atomic E-state index is 0.374. The molecule has 2 atom stereocenters. The van der Waals surface area contributed by atoms with Gasteiger partial charge in [0.15, 0.2) is 0 Å². The maximum atomic E-state index is 5.93. The lowest BCUT2D eigenvalue weighted by Gasteiger charge is -2.10. The molecule has 2 nitrogen and oxygen atoms in total. The van der Waals surface area contributed by atoms with Crippen LogP contribution in [0.3, 0.4) is 0 Å². The van der Waals surface area contributed by atoms with Crippen LogP contribution in [0.15, 0.2) is 0 Å². The minimum absolute atomic E-state index is 0.374. The molecule has 0 saturated carbocycles. The predicted octanol–water partition coefficient (Wildman–Crippen LogP) is 8.08. The van der Waals surface area contributed by atoms with Crippen molar-refractivity contribution in [2.45, 2.75) is 136 Å². The number of hydrogen-bond acceptors (Lipinski definition) is 2. The number of unbranched alkanes of at least 4 members (excludes halogenated alkanes) is 14. The van der Waals surface area contributed by atoms with Crippen LogP contribution in [0.4, 0.5) is 0 Å². The Morgan fingerprint density at radius 3 is 1.78 bits per heavy atom. The van der Waals surface area contributed by atoms with E-state index in [2.05, 4.69) is 13.8 Å². The summed E-state index contributed by atoms with van der Waals surface area (Å²) in [6.45, 7) is 7.26. The monoisotopic (exact) mass is 382 g/mol. The van der Waals surface area contributed by atoms with Gasteiger partial charge in [-0.25, -0.2) is 0 Å². The van der Waals surface area contributed by atoms with Gasteiger partial charge in [0.25, 0.3) is 0 Å². The van der Waals surface area contributed by atoms with Crippen LogP contribution in [-0.2, 0) is 9.47 Å². The Morgan fingerprint density at radius 1 is 0.667 bits per heavy atom. The van der Waals surface area contributed by atoms with Crippen LogP contribution in [-0.4, -0.2) is 25.9 Å². The van der Waals surface area contributed by atoms with E-state index in [9.17, 15) is 0 Å². The first-order valence-corrected chi connectivity index (χ1v) is 12.6. The van der Waals surface area contributed by atoms with Gasteiger partial charge < -0.3 is 9.47 Å². The third-order valence-corrected chi connectivity index (χ3v) is 6.08. The van der Waals surface area contributed by atoms with Crippen LogP contribution in [0.5, 0.6) is 0 Å². The zero-order chi connectivity index (χ0) is 19.4. The van der Waals surface area contributed by atoms with Crippen molar-refractivity contribution in [1.29, 1.82) is 0 Å². The fraction of sp³-hybridized carbons (Fsp3) is 1.00. The lowest BCUT2D eigenvalue weighted by Crippen LogP contribution is -2.14. The standard InChI is InChI=1S/C25H50O2/c1-3-5-7-9-10-11-12-13-14-15-16-17-19-24-21-25(27-22-24)23-26-20-18-8-6-4-2/h24-25H,3-23H2,1-2H3/t24-,25-/m0/s1. The molecule has 0 aliphatic carbocycles. The fourth-order valence-corrected chi connectivity index (χ4v) is 4.22. The van der Waals surface area contributed by atoms with Crippen molar-refractivity contribution in [3.8, 4) is 0 Å². The first kappa shape index (κ1) is 25.0. The van der Waals surface area contributed by atoms with E-state index in [0.29, 0.717) is 6.10 Å². The lowest BCUT2D eigenvalue weighted by molar-refractivity contribution is 0.0153. The fourth-order valence-electron chi connectivity index (χ4n) is 4.22. The molecule has 2 heteroatoms. The van der Waals surface area contributed by atoms with Crippen LogP contribution in [0, 0.1) is 5.92 Å². The predicted molar refractivity (Wildman–Crippen MR) is 119 cm³/mol. The molecule has 0 aromatic carbocycles. The molecular formula is C25H50O2. The van der Waals surface area contributed by atoms with Crippen molar-refractivity contribution in [2.75, 3.05) is 19.8 Å². The number of ether oxygens (including phenoxy) is 2. The molecule has 0 amide bonds. The van der Waals surface area contributed by atoms with Crippen molar-refractivity contribution < 1.29 is 9.47 Å². The van der Waals surface area contributed by atoms with Gasteiger partial charge in [-0.15, -0.1) is 0 Å². The summed E-state index contributed by atoms with van der Waals surface area (Å²) in [5.41, 5.74) is 0. The molecule has 1 rings (SSSR count). The first-order valence-electron chi connectivity index (χ1n) is 12.6. The molecule has 27 heavy (non-hydrogen) atoms. The van der Waals surface area contributed by atoms with E-state index in [0.717, 1.165) is 25.7 Å². The van der Waals surface area contributed by atoms with Gasteiger partial charge in [-0.05, 0) is 25.2 Å². The summed E-state index contributed by atoms with van der Waals surface area (Å²) in [6, 6.07) is 0. The molecule has 0 N–H and O–H groups in total. The molecular weight excluding hydrogens is 332 g/mol. The van der Waals surface area contributed by atoms with E-state index in [1.54, 1.807) is 0 Å². The quantitative estimate of drug-likeness (QED) is 0.198. The highest BCUT2D eigenvalue weighted by Gasteiger charge is 2.24. The SMILES string of the molecule is CCCCCCCCCCCCCC[C@@H]1CO[C@H](COCCCCCC)C1. The van der Waals surface area contributed by atoms with E-state index < -0.39 is 0 Å². The van der Waals surface area contributed by atoms with E-state index in [1.165, 1.54) is 116 Å². The molecule has 1 saturated heterocycles. The first-order chi connectivity index (χ1) is 13.4. The Balaban J connectivity index is 1.79. The largest absolute Gasteiger partial charge is 0.379 e. The lowest BCUT2D eigenvalue weighted by atomic mass is 9.97. The molecule has 0 spiro atoms. The normalized spacial score (nSPS) is 19.8. The smallest absolute Gasteiger partial charge is 0.0812 e. The maximum Gasteiger partial charge on any atom is 0.0812 e. The minimum Gasteiger partial charge on any atom is -0.379 e. The summed E-state index contributed by atoms with van der Waals surface area (Å²) in [5, 5.41) is 0. The second-order valence-electron chi connectivity index (χ2n) is 8.87. The van der Waals surface area contributed by atoms with E-state index >= 15 is 0 Å². The molecule has 1 fully saturated rings. The van der Waals surface area contributed by atoms with Gasteiger partial charge >= 0.3 is 0 Å². The highest BCUT2D eigenvalue weighted by molar-refractivity contribution is 4.73. The van der Waals surface area contributed by atoms with Gasteiger partial charge in [0, 0.05) is 13.2 Å². The second-order valence-corrected chi connectivity index (χ2v) is 8.87. The highest BCUT2D eigenvalue weighted by atomic mass is 16.5. The van der Waals surface area contributed by atoms with Crippen molar-refractivity contribution in [1.82, 2.24) is 0 Å². The van der Waals surface area contributed by atoms with Crippen LogP contribution < -0.4 is 0 Å². The topological polar surface area (TPSA) is 18.5 Å². The molecule has 0 unspecified atom stereocenters. The van der Waals surface area contributed by atoms with Crippen molar-refractivity contribution in [2.24, 2.45) is 5.92 Å².